The molecule has 0 bridgehead atoms. The third-order valence-corrected chi connectivity index (χ3v) is 8.26. The van der Waals surface area contributed by atoms with Gasteiger partial charge in [-0.1, -0.05) is 38.1 Å². The smallest absolute Gasteiger partial charge is 0.337 e. The Labute approximate surface area is 212 Å². The molecule has 36 heavy (non-hydrogen) atoms. The molecule has 2 aromatic heterocycles. The number of nitrogens with one attached hydrogen (secondary N) is 2. The van der Waals surface area contributed by atoms with Gasteiger partial charge in [0.2, 0.25) is 0 Å². The van der Waals surface area contributed by atoms with Crippen molar-refractivity contribution in [3.8, 4) is 11.1 Å². The van der Waals surface area contributed by atoms with E-state index < -0.39 is 35.2 Å². The monoisotopic (exact) mass is 542 g/mol. The van der Waals surface area contributed by atoms with Crippen LogP contribution < -0.4 is 10.0 Å². The minimum Gasteiger partial charge on any atom is -0.337 e. The average Bonchev–Trinajstić information content (AvgIpc) is 3.30. The van der Waals surface area contributed by atoms with Crippen LogP contribution in [0, 0.1) is 19.8 Å². The van der Waals surface area contributed by atoms with Crippen molar-refractivity contribution in [2.75, 3.05) is 6.54 Å². The van der Waals surface area contributed by atoms with E-state index in [0.29, 0.717) is 24.1 Å². The van der Waals surface area contributed by atoms with Gasteiger partial charge in [-0.25, -0.2) is 22.9 Å². The largest absolute Gasteiger partial charge is 0.390 e. The number of halogens is 3. The van der Waals surface area contributed by atoms with Crippen LogP contribution in [-0.4, -0.2) is 36.7 Å². The van der Waals surface area contributed by atoms with Crippen molar-refractivity contribution < 1.29 is 26.4 Å². The molecule has 0 saturated heterocycles. The number of aromatic nitrogens is 2. The molecule has 2 N–H and O–H groups in total. The number of hydrogen-bond acceptors (Lipinski definition) is 5. The first kappa shape index (κ1) is 27.7. The van der Waals surface area contributed by atoms with E-state index in [0.717, 1.165) is 33.3 Å². The minimum atomic E-state index is -4.46. The number of rotatable bonds is 9. The molecule has 3 rings (SSSR count). The number of benzene rings is 1. The number of nitrogens with zero attached hydrogens (tertiary/aromatic N) is 2. The van der Waals surface area contributed by atoms with Crippen LogP contribution in [0.1, 0.15) is 42.2 Å². The summed E-state index contributed by atoms with van der Waals surface area (Å²) in [7, 11) is -4.32. The Hall–Kier alpha value is -2.86. The molecule has 1 aromatic carbocycles. The van der Waals surface area contributed by atoms with Crippen LogP contribution in [0.15, 0.2) is 40.7 Å². The Bertz CT molecular complexity index is 1310. The molecule has 0 spiro atoms. The Morgan fingerprint density at radius 2 is 1.83 bits per heavy atom. The highest BCUT2D eigenvalue weighted by Crippen LogP contribution is 2.36. The Morgan fingerprint density at radius 1 is 1.17 bits per heavy atom. The summed E-state index contributed by atoms with van der Waals surface area (Å²) in [5.74, 6) is 1.16. The summed E-state index contributed by atoms with van der Waals surface area (Å²) in [4.78, 5) is 17.2. The molecule has 196 valence electrons. The van der Waals surface area contributed by atoms with Gasteiger partial charge in [0.1, 0.15) is 10.0 Å². The SMILES string of the molecule is Cc1cn(Cc2ccc(-c3cc(CC(C)C)sc3S(=O)(=O)NC(=O)NCCC(F)(F)F)cc2)c(C)n1. The van der Waals surface area contributed by atoms with Crippen LogP contribution in [0.4, 0.5) is 18.0 Å². The Morgan fingerprint density at radius 3 is 2.39 bits per heavy atom. The molecular weight excluding hydrogens is 513 g/mol. The number of thiophene rings is 1. The first-order valence-corrected chi connectivity index (χ1v) is 13.6. The maximum Gasteiger partial charge on any atom is 0.390 e. The number of carbonyl (C=O) groups excluding carboxylic acids is 1. The fourth-order valence-electron chi connectivity index (χ4n) is 3.66. The first-order chi connectivity index (χ1) is 16.7. The van der Waals surface area contributed by atoms with Crippen LogP contribution in [-0.2, 0) is 23.0 Å². The number of carbonyl (C=O) groups is 1. The summed E-state index contributed by atoms with van der Waals surface area (Å²) >= 11 is 1.05. The van der Waals surface area contributed by atoms with Crippen molar-refractivity contribution in [1.82, 2.24) is 19.6 Å². The van der Waals surface area contributed by atoms with Gasteiger partial charge < -0.3 is 9.88 Å². The lowest BCUT2D eigenvalue weighted by molar-refractivity contribution is -0.132. The highest BCUT2D eigenvalue weighted by molar-refractivity contribution is 7.92. The highest BCUT2D eigenvalue weighted by atomic mass is 32.2. The van der Waals surface area contributed by atoms with Gasteiger partial charge in [0.25, 0.3) is 10.0 Å². The summed E-state index contributed by atoms with van der Waals surface area (Å²) in [6.07, 6.45) is -3.12. The summed E-state index contributed by atoms with van der Waals surface area (Å²) in [5, 5.41) is 1.95. The van der Waals surface area contributed by atoms with Crippen LogP contribution in [0.2, 0.25) is 0 Å². The molecule has 0 radical (unpaired) electrons. The second-order valence-corrected chi connectivity index (χ2v) is 12.0. The number of hydrogen-bond donors (Lipinski definition) is 2. The fourth-order valence-corrected chi connectivity index (χ4v) is 6.54. The molecule has 0 aliphatic heterocycles. The second-order valence-electron chi connectivity index (χ2n) is 8.99. The number of imidazole rings is 1. The van der Waals surface area contributed by atoms with Gasteiger partial charge in [-0.3, -0.25) is 0 Å². The number of aryl methyl sites for hydroxylation is 2. The van der Waals surface area contributed by atoms with Gasteiger partial charge in [0.15, 0.2) is 0 Å². The fraction of sp³-hybridized carbons (Fsp3) is 0.417. The Kier molecular flexibility index (Phi) is 8.50. The van der Waals surface area contributed by atoms with Crippen molar-refractivity contribution in [3.05, 3.63) is 58.5 Å². The zero-order valence-electron chi connectivity index (χ0n) is 20.4. The second kappa shape index (κ2) is 11.0. The van der Waals surface area contributed by atoms with Crippen molar-refractivity contribution >= 4 is 27.4 Å². The molecule has 0 aliphatic rings. The van der Waals surface area contributed by atoms with Gasteiger partial charge in [0.05, 0.1) is 12.1 Å². The summed E-state index contributed by atoms with van der Waals surface area (Å²) in [5.41, 5.74) is 3.02. The van der Waals surface area contributed by atoms with Crippen molar-refractivity contribution in [2.45, 2.75) is 57.5 Å². The summed E-state index contributed by atoms with van der Waals surface area (Å²) < 4.78 is 66.9. The molecule has 0 saturated carbocycles. The van der Waals surface area contributed by atoms with E-state index in [1.165, 1.54) is 0 Å². The summed E-state index contributed by atoms with van der Waals surface area (Å²) in [6, 6.07) is 8.02. The zero-order valence-corrected chi connectivity index (χ0v) is 22.1. The zero-order chi connectivity index (χ0) is 26.7. The third-order valence-electron chi connectivity index (χ3n) is 5.24. The van der Waals surface area contributed by atoms with E-state index >= 15 is 0 Å². The van der Waals surface area contributed by atoms with E-state index in [4.69, 9.17) is 0 Å². The topological polar surface area (TPSA) is 93.1 Å². The number of alkyl halides is 3. The van der Waals surface area contributed by atoms with Gasteiger partial charge in [0, 0.05) is 29.7 Å². The average molecular weight is 543 g/mol. The molecule has 12 heteroatoms. The molecule has 7 nitrogen and oxygen atoms in total. The third kappa shape index (κ3) is 7.57. The molecule has 2 amide bonds. The van der Waals surface area contributed by atoms with Gasteiger partial charge in [-0.15, -0.1) is 11.3 Å². The number of amides is 2. The van der Waals surface area contributed by atoms with E-state index in [-0.39, 0.29) is 10.1 Å². The molecule has 0 fully saturated rings. The van der Waals surface area contributed by atoms with Gasteiger partial charge in [-0.2, -0.15) is 13.2 Å². The molecule has 0 unspecified atom stereocenters. The van der Waals surface area contributed by atoms with Crippen LogP contribution in [0.25, 0.3) is 11.1 Å². The van der Waals surface area contributed by atoms with Crippen molar-refractivity contribution in [1.29, 1.82) is 0 Å². The van der Waals surface area contributed by atoms with Gasteiger partial charge in [-0.05, 0) is 43.4 Å². The van der Waals surface area contributed by atoms with Crippen molar-refractivity contribution in [3.63, 3.8) is 0 Å². The normalized spacial score (nSPS) is 12.2. The predicted octanol–water partition coefficient (Wildman–Crippen LogP) is 5.42. The molecule has 0 atom stereocenters. The van der Waals surface area contributed by atoms with E-state index in [9.17, 15) is 26.4 Å². The summed E-state index contributed by atoms with van der Waals surface area (Å²) in [6.45, 7) is 7.75. The molecule has 2 heterocycles. The lowest BCUT2D eigenvalue weighted by Gasteiger charge is -2.11. The molecule has 3 aromatic rings. The quantitative estimate of drug-likeness (QED) is 0.378. The number of sulfonamides is 1. The van der Waals surface area contributed by atoms with Crippen LogP contribution >= 0.6 is 11.3 Å². The predicted molar refractivity (Wildman–Crippen MR) is 133 cm³/mol. The van der Waals surface area contributed by atoms with Crippen molar-refractivity contribution in [2.24, 2.45) is 5.92 Å². The first-order valence-electron chi connectivity index (χ1n) is 11.3. The molecular formula is C24H29F3N4O3S2. The standard InChI is InChI=1S/C24H29F3N4O3S2/c1-15(2)11-20-12-21(19-7-5-18(6-8-19)14-31-13-16(3)29-17(31)4)22(35-20)36(33,34)30-23(32)28-10-9-24(25,26)27/h5-8,12-13,15H,9-11,14H2,1-4H3,(H2,28,30,32). The van der Waals surface area contributed by atoms with Gasteiger partial charge >= 0.3 is 12.2 Å². The maximum atomic E-state index is 13.0. The highest BCUT2D eigenvalue weighted by Gasteiger charge is 2.28. The van der Waals surface area contributed by atoms with E-state index in [2.05, 4.69) is 4.98 Å². The number of urea groups is 1. The lowest BCUT2D eigenvalue weighted by atomic mass is 10.0. The van der Waals surface area contributed by atoms with E-state index in [1.807, 2.05) is 72.8 Å². The minimum absolute atomic E-state index is 0.0575. The Balaban J connectivity index is 1.85. The molecule has 0 aliphatic carbocycles. The maximum absolute atomic E-state index is 13.0. The van der Waals surface area contributed by atoms with Crippen LogP contribution in [0.3, 0.4) is 0 Å². The van der Waals surface area contributed by atoms with Crippen LogP contribution in [0.5, 0.6) is 0 Å². The lowest BCUT2D eigenvalue weighted by Crippen LogP contribution is -2.40. The van der Waals surface area contributed by atoms with E-state index in [1.54, 1.807) is 6.07 Å².